The van der Waals surface area contributed by atoms with Gasteiger partial charge in [0.25, 0.3) is 0 Å². The molecule has 0 aliphatic heterocycles. The van der Waals surface area contributed by atoms with Gasteiger partial charge in [0.05, 0.1) is 5.69 Å². The van der Waals surface area contributed by atoms with E-state index in [4.69, 9.17) is 11.6 Å². The fourth-order valence-corrected chi connectivity index (χ4v) is 2.62. The number of nitrogens with zero attached hydrogens (tertiary/aromatic N) is 2. The Morgan fingerprint density at radius 3 is 2.55 bits per heavy atom. The monoisotopic (exact) mass is 291 g/mol. The number of benzene rings is 1. The molecule has 0 saturated carbocycles. The summed E-state index contributed by atoms with van der Waals surface area (Å²) in [6.45, 7) is 8.14. The first-order chi connectivity index (χ1) is 9.63. The maximum absolute atomic E-state index is 5.97. The molecule has 1 unspecified atom stereocenters. The normalized spacial score (nSPS) is 12.6. The van der Waals surface area contributed by atoms with E-state index in [1.165, 1.54) is 11.3 Å². The van der Waals surface area contributed by atoms with Crippen LogP contribution < -0.4 is 5.32 Å². The van der Waals surface area contributed by atoms with Crippen LogP contribution in [0.25, 0.3) is 0 Å². The fourth-order valence-electron chi connectivity index (χ4n) is 2.50. The first kappa shape index (κ1) is 15.1. The van der Waals surface area contributed by atoms with E-state index in [1.54, 1.807) is 0 Å². The zero-order valence-electron chi connectivity index (χ0n) is 12.4. The van der Waals surface area contributed by atoms with Crippen molar-refractivity contribution >= 4 is 11.6 Å². The van der Waals surface area contributed by atoms with E-state index in [2.05, 4.69) is 47.1 Å². The summed E-state index contributed by atoms with van der Waals surface area (Å²) in [5.41, 5.74) is 3.61. The molecule has 3 nitrogen and oxygen atoms in total. The van der Waals surface area contributed by atoms with Gasteiger partial charge in [-0.05, 0) is 44.2 Å². The van der Waals surface area contributed by atoms with Gasteiger partial charge in [-0.25, -0.2) is 0 Å². The van der Waals surface area contributed by atoms with Crippen molar-refractivity contribution in [1.29, 1.82) is 0 Å². The Hall–Kier alpha value is -1.32. The summed E-state index contributed by atoms with van der Waals surface area (Å²) in [7, 11) is 0. The largest absolute Gasteiger partial charge is 0.310 e. The summed E-state index contributed by atoms with van der Waals surface area (Å²) < 4.78 is 2.08. The number of hydrogen-bond donors (Lipinski definition) is 1. The highest BCUT2D eigenvalue weighted by Gasteiger charge is 2.14. The van der Waals surface area contributed by atoms with Crippen molar-refractivity contribution in [3.63, 3.8) is 0 Å². The van der Waals surface area contributed by atoms with Gasteiger partial charge in [-0.3, -0.25) is 4.68 Å². The van der Waals surface area contributed by atoms with Crippen LogP contribution in [0.1, 0.15) is 36.8 Å². The van der Waals surface area contributed by atoms with Gasteiger partial charge in [-0.1, -0.05) is 30.7 Å². The van der Waals surface area contributed by atoms with Crippen LogP contribution in [0.4, 0.5) is 0 Å². The highest BCUT2D eigenvalue weighted by Crippen LogP contribution is 2.21. The van der Waals surface area contributed by atoms with Crippen LogP contribution in [0.5, 0.6) is 0 Å². The smallest absolute Gasteiger partial charge is 0.0596 e. The third-order valence-corrected chi connectivity index (χ3v) is 3.67. The quantitative estimate of drug-likeness (QED) is 0.878. The van der Waals surface area contributed by atoms with Crippen LogP contribution in [-0.2, 0) is 13.0 Å². The molecule has 0 spiro atoms. The Morgan fingerprint density at radius 1 is 1.25 bits per heavy atom. The number of likely N-dealkylation sites (N-methyl/N-ethyl adjacent to an activating group) is 1. The number of hydrogen-bond acceptors (Lipinski definition) is 2. The van der Waals surface area contributed by atoms with Crippen molar-refractivity contribution in [2.24, 2.45) is 0 Å². The Morgan fingerprint density at radius 2 is 1.95 bits per heavy atom. The molecule has 0 aliphatic carbocycles. The zero-order valence-corrected chi connectivity index (χ0v) is 13.1. The molecule has 20 heavy (non-hydrogen) atoms. The van der Waals surface area contributed by atoms with Crippen molar-refractivity contribution < 1.29 is 0 Å². The number of aromatic nitrogens is 2. The highest BCUT2D eigenvalue weighted by atomic mass is 35.5. The lowest BCUT2D eigenvalue weighted by atomic mass is 10.0. The molecule has 1 N–H and O–H groups in total. The van der Waals surface area contributed by atoms with E-state index >= 15 is 0 Å². The van der Waals surface area contributed by atoms with Gasteiger partial charge < -0.3 is 5.32 Å². The summed E-state index contributed by atoms with van der Waals surface area (Å²) in [5.74, 6) is 0. The first-order valence-corrected chi connectivity index (χ1v) is 7.54. The predicted molar refractivity (Wildman–Crippen MR) is 84.2 cm³/mol. The lowest BCUT2D eigenvalue weighted by molar-refractivity contribution is 0.516. The fraction of sp³-hybridized carbons (Fsp3) is 0.438. The third kappa shape index (κ3) is 3.62. The molecule has 0 radical (unpaired) electrons. The van der Waals surface area contributed by atoms with Gasteiger partial charge in [0.15, 0.2) is 0 Å². The van der Waals surface area contributed by atoms with E-state index in [0.717, 1.165) is 30.2 Å². The second-order valence-electron chi connectivity index (χ2n) is 4.96. The topological polar surface area (TPSA) is 29.9 Å². The molecule has 0 bridgehead atoms. The van der Waals surface area contributed by atoms with Gasteiger partial charge in [0.1, 0.15) is 0 Å². The first-order valence-electron chi connectivity index (χ1n) is 7.16. The van der Waals surface area contributed by atoms with E-state index in [9.17, 15) is 0 Å². The Bertz CT molecular complexity index is 545. The molecular weight excluding hydrogens is 270 g/mol. The van der Waals surface area contributed by atoms with Crippen molar-refractivity contribution in [3.8, 4) is 0 Å². The van der Waals surface area contributed by atoms with E-state index < -0.39 is 0 Å². The third-order valence-electron chi connectivity index (χ3n) is 3.42. The minimum absolute atomic E-state index is 0.290. The molecular formula is C16H22ClN3. The summed E-state index contributed by atoms with van der Waals surface area (Å²) in [6.07, 6.45) is 0.935. The molecule has 1 heterocycles. The van der Waals surface area contributed by atoms with Crippen molar-refractivity contribution in [2.75, 3.05) is 6.54 Å². The van der Waals surface area contributed by atoms with Crippen molar-refractivity contribution in [2.45, 2.75) is 39.8 Å². The number of rotatable bonds is 6. The minimum Gasteiger partial charge on any atom is -0.310 e. The molecule has 2 aromatic rings. The predicted octanol–water partition coefficient (Wildman–Crippen LogP) is 3.76. The summed E-state index contributed by atoms with van der Waals surface area (Å²) in [6, 6.07) is 10.5. The van der Waals surface area contributed by atoms with E-state index in [-0.39, 0.29) is 0 Å². The van der Waals surface area contributed by atoms with E-state index in [0.29, 0.717) is 6.04 Å². The average molecular weight is 292 g/mol. The molecule has 0 amide bonds. The SMILES string of the molecule is CCNC(Cc1cc(C)nn1CC)c1ccc(Cl)cc1. The number of aryl methyl sites for hydroxylation is 2. The van der Waals surface area contributed by atoms with E-state index in [1.807, 2.05) is 19.1 Å². The Balaban J connectivity index is 2.22. The second kappa shape index (κ2) is 6.91. The van der Waals surface area contributed by atoms with Crippen LogP contribution >= 0.6 is 11.6 Å². The standard InChI is InChI=1S/C16H22ClN3/c1-4-18-16(13-6-8-14(17)9-7-13)11-15-10-12(3)19-20(15)5-2/h6-10,16,18H,4-5,11H2,1-3H3. The van der Waals surface area contributed by atoms with Crippen LogP contribution in [0, 0.1) is 6.92 Å². The number of nitrogens with one attached hydrogen (secondary N) is 1. The van der Waals surface area contributed by atoms with Gasteiger partial charge in [-0.2, -0.15) is 5.10 Å². The van der Waals surface area contributed by atoms with Crippen LogP contribution in [0.3, 0.4) is 0 Å². The number of halogens is 1. The summed E-state index contributed by atoms with van der Waals surface area (Å²) in [4.78, 5) is 0. The van der Waals surface area contributed by atoms with Crippen LogP contribution in [0.2, 0.25) is 5.02 Å². The molecule has 1 aromatic carbocycles. The van der Waals surface area contributed by atoms with Crippen molar-refractivity contribution in [1.82, 2.24) is 15.1 Å². The molecule has 1 atom stereocenters. The highest BCUT2D eigenvalue weighted by molar-refractivity contribution is 6.30. The van der Waals surface area contributed by atoms with Gasteiger partial charge in [-0.15, -0.1) is 0 Å². The maximum atomic E-state index is 5.97. The molecule has 0 aliphatic rings. The Kier molecular flexibility index (Phi) is 5.21. The van der Waals surface area contributed by atoms with Gasteiger partial charge in [0, 0.05) is 29.7 Å². The van der Waals surface area contributed by atoms with Crippen LogP contribution in [-0.4, -0.2) is 16.3 Å². The average Bonchev–Trinajstić information content (AvgIpc) is 2.79. The van der Waals surface area contributed by atoms with Gasteiger partial charge >= 0.3 is 0 Å². The molecule has 1 aromatic heterocycles. The Labute approximate surface area is 126 Å². The van der Waals surface area contributed by atoms with Crippen LogP contribution in [0.15, 0.2) is 30.3 Å². The van der Waals surface area contributed by atoms with Gasteiger partial charge in [0.2, 0.25) is 0 Å². The molecule has 4 heteroatoms. The lowest BCUT2D eigenvalue weighted by Crippen LogP contribution is -2.24. The zero-order chi connectivity index (χ0) is 14.5. The molecule has 2 rings (SSSR count). The van der Waals surface area contributed by atoms with Crippen molar-refractivity contribution in [3.05, 3.63) is 52.3 Å². The second-order valence-corrected chi connectivity index (χ2v) is 5.40. The molecule has 0 saturated heterocycles. The lowest BCUT2D eigenvalue weighted by Gasteiger charge is -2.19. The maximum Gasteiger partial charge on any atom is 0.0596 e. The summed E-state index contributed by atoms with van der Waals surface area (Å²) in [5, 5.41) is 8.84. The molecule has 108 valence electrons. The summed E-state index contributed by atoms with van der Waals surface area (Å²) >= 11 is 5.97. The molecule has 0 fully saturated rings. The minimum atomic E-state index is 0.290.